The van der Waals surface area contributed by atoms with E-state index in [0.717, 1.165) is 48.9 Å². The number of fused-ring (bicyclic) bond motifs is 1. The highest BCUT2D eigenvalue weighted by atomic mass is 35.5. The van der Waals surface area contributed by atoms with Gasteiger partial charge in [0.05, 0.1) is 11.4 Å². The Hall–Kier alpha value is -2.24. The number of piperazine rings is 1. The quantitative estimate of drug-likeness (QED) is 0.900. The van der Waals surface area contributed by atoms with Gasteiger partial charge in [-0.05, 0) is 42.9 Å². The highest BCUT2D eigenvalue weighted by Crippen LogP contribution is 2.32. The zero-order valence-corrected chi connectivity index (χ0v) is 15.5. The summed E-state index contributed by atoms with van der Waals surface area (Å²) in [6, 6.07) is 13.4. The summed E-state index contributed by atoms with van der Waals surface area (Å²) >= 11 is 6.03. The first-order valence-electron chi connectivity index (χ1n) is 8.88. The lowest BCUT2D eigenvalue weighted by atomic mass is 10.1. The molecule has 136 valence electrons. The van der Waals surface area contributed by atoms with Gasteiger partial charge < -0.3 is 19.9 Å². The minimum Gasteiger partial charge on any atom is -0.480 e. The summed E-state index contributed by atoms with van der Waals surface area (Å²) in [5, 5.41) is 3.72. The molecule has 0 bridgehead atoms. The minimum absolute atomic E-state index is 0.126. The van der Waals surface area contributed by atoms with E-state index in [4.69, 9.17) is 16.3 Å². The summed E-state index contributed by atoms with van der Waals surface area (Å²) in [5.74, 6) is 0.612. The Morgan fingerprint density at radius 2 is 1.92 bits per heavy atom. The standard InChI is InChI=1S/C20H22ClN3O2/c1-23-8-10-24(11-9-23)17-5-3-2-4-16(17)22-20(25)19-13-14-12-15(21)6-7-18(14)26-19/h2-7,12,19H,8-11,13H2,1H3,(H,22,25)/t19-/m1/s1. The molecular formula is C20H22ClN3O2. The van der Waals surface area contributed by atoms with Crippen molar-refractivity contribution in [2.75, 3.05) is 43.4 Å². The zero-order valence-electron chi connectivity index (χ0n) is 14.7. The molecule has 6 heteroatoms. The van der Waals surface area contributed by atoms with Crippen molar-refractivity contribution >= 4 is 28.9 Å². The van der Waals surface area contributed by atoms with Gasteiger partial charge in [0, 0.05) is 37.6 Å². The SMILES string of the molecule is CN1CCN(c2ccccc2NC(=O)[C@H]2Cc3cc(Cl)ccc3O2)CC1. The number of hydrogen-bond acceptors (Lipinski definition) is 4. The third kappa shape index (κ3) is 3.50. The van der Waals surface area contributed by atoms with Gasteiger partial charge >= 0.3 is 0 Å². The first kappa shape index (κ1) is 17.2. The molecule has 1 fully saturated rings. The van der Waals surface area contributed by atoms with E-state index in [1.165, 1.54) is 0 Å². The Morgan fingerprint density at radius 1 is 1.15 bits per heavy atom. The van der Waals surface area contributed by atoms with Crippen LogP contribution in [0.2, 0.25) is 5.02 Å². The van der Waals surface area contributed by atoms with E-state index in [1.54, 1.807) is 6.07 Å². The van der Waals surface area contributed by atoms with Gasteiger partial charge in [-0.1, -0.05) is 23.7 Å². The van der Waals surface area contributed by atoms with Crippen LogP contribution in [0.1, 0.15) is 5.56 Å². The number of carbonyl (C=O) groups excluding carboxylic acids is 1. The normalized spacial score (nSPS) is 19.8. The fourth-order valence-electron chi connectivity index (χ4n) is 3.48. The van der Waals surface area contributed by atoms with Gasteiger partial charge in [-0.3, -0.25) is 4.79 Å². The second kappa shape index (κ2) is 7.17. The lowest BCUT2D eigenvalue weighted by Gasteiger charge is -2.35. The number of para-hydroxylation sites is 2. The molecule has 4 rings (SSSR count). The van der Waals surface area contributed by atoms with Crippen LogP contribution in [-0.4, -0.2) is 50.1 Å². The van der Waals surface area contributed by atoms with E-state index in [1.807, 2.05) is 30.3 Å². The van der Waals surface area contributed by atoms with Crippen LogP contribution >= 0.6 is 11.6 Å². The molecule has 1 amide bonds. The number of amides is 1. The van der Waals surface area contributed by atoms with E-state index < -0.39 is 6.10 Å². The predicted molar refractivity (Wildman–Crippen MR) is 104 cm³/mol. The Balaban J connectivity index is 1.47. The number of halogens is 1. The van der Waals surface area contributed by atoms with E-state index in [0.29, 0.717) is 11.4 Å². The maximum atomic E-state index is 12.8. The highest BCUT2D eigenvalue weighted by molar-refractivity contribution is 6.30. The van der Waals surface area contributed by atoms with Gasteiger partial charge in [0.25, 0.3) is 5.91 Å². The van der Waals surface area contributed by atoms with Crippen LogP contribution in [0.3, 0.4) is 0 Å². The Morgan fingerprint density at radius 3 is 2.73 bits per heavy atom. The summed E-state index contributed by atoms with van der Waals surface area (Å²) in [4.78, 5) is 17.4. The first-order valence-corrected chi connectivity index (χ1v) is 9.26. The number of benzene rings is 2. The number of ether oxygens (including phenoxy) is 1. The molecule has 0 radical (unpaired) electrons. The average molecular weight is 372 g/mol. The van der Waals surface area contributed by atoms with Crippen LogP contribution < -0.4 is 15.0 Å². The Labute approximate surface area is 158 Å². The predicted octanol–water partition coefficient (Wildman–Crippen LogP) is 3.03. The molecule has 2 heterocycles. The third-order valence-electron chi connectivity index (χ3n) is 5.00. The largest absolute Gasteiger partial charge is 0.480 e. The molecule has 2 aromatic rings. The van der Waals surface area contributed by atoms with E-state index in [-0.39, 0.29) is 5.91 Å². The second-order valence-corrected chi connectivity index (χ2v) is 7.30. The number of likely N-dealkylation sites (N-methyl/N-ethyl adjacent to an activating group) is 1. The number of carbonyl (C=O) groups is 1. The topological polar surface area (TPSA) is 44.8 Å². The van der Waals surface area contributed by atoms with Crippen molar-refractivity contribution in [1.82, 2.24) is 4.90 Å². The lowest BCUT2D eigenvalue weighted by molar-refractivity contribution is -0.122. The van der Waals surface area contributed by atoms with Crippen LogP contribution in [0.4, 0.5) is 11.4 Å². The van der Waals surface area contributed by atoms with Gasteiger partial charge in [-0.2, -0.15) is 0 Å². The number of hydrogen-bond donors (Lipinski definition) is 1. The second-order valence-electron chi connectivity index (χ2n) is 6.86. The fourth-order valence-corrected chi connectivity index (χ4v) is 3.67. The third-order valence-corrected chi connectivity index (χ3v) is 5.23. The number of nitrogens with one attached hydrogen (secondary N) is 1. The average Bonchev–Trinajstić information content (AvgIpc) is 3.06. The Kier molecular flexibility index (Phi) is 4.74. The zero-order chi connectivity index (χ0) is 18.1. The summed E-state index contributed by atoms with van der Waals surface area (Å²) in [7, 11) is 2.13. The summed E-state index contributed by atoms with van der Waals surface area (Å²) in [5.41, 5.74) is 2.87. The number of rotatable bonds is 3. The van der Waals surface area contributed by atoms with Gasteiger partial charge in [0.2, 0.25) is 0 Å². The van der Waals surface area contributed by atoms with Crippen LogP contribution in [0.5, 0.6) is 5.75 Å². The fraction of sp³-hybridized carbons (Fsp3) is 0.350. The van der Waals surface area contributed by atoms with Crippen molar-refractivity contribution < 1.29 is 9.53 Å². The molecule has 0 aromatic heterocycles. The highest BCUT2D eigenvalue weighted by Gasteiger charge is 2.30. The molecular weight excluding hydrogens is 350 g/mol. The van der Waals surface area contributed by atoms with Crippen molar-refractivity contribution in [3.8, 4) is 5.75 Å². The van der Waals surface area contributed by atoms with E-state index >= 15 is 0 Å². The van der Waals surface area contributed by atoms with Crippen molar-refractivity contribution in [3.63, 3.8) is 0 Å². The molecule has 1 N–H and O–H groups in total. The molecule has 2 aromatic carbocycles. The smallest absolute Gasteiger partial charge is 0.265 e. The van der Waals surface area contributed by atoms with E-state index in [2.05, 4.69) is 28.2 Å². The molecule has 2 aliphatic rings. The maximum Gasteiger partial charge on any atom is 0.265 e. The van der Waals surface area contributed by atoms with E-state index in [9.17, 15) is 4.79 Å². The summed E-state index contributed by atoms with van der Waals surface area (Å²) in [6.07, 6.45) is 0.0160. The summed E-state index contributed by atoms with van der Waals surface area (Å²) in [6.45, 7) is 3.94. The number of nitrogens with zero attached hydrogens (tertiary/aromatic N) is 2. The van der Waals surface area contributed by atoms with Gasteiger partial charge in [-0.25, -0.2) is 0 Å². The molecule has 26 heavy (non-hydrogen) atoms. The molecule has 5 nitrogen and oxygen atoms in total. The molecule has 0 unspecified atom stereocenters. The lowest BCUT2D eigenvalue weighted by Crippen LogP contribution is -2.44. The van der Waals surface area contributed by atoms with Crippen molar-refractivity contribution in [1.29, 1.82) is 0 Å². The van der Waals surface area contributed by atoms with Gasteiger partial charge in [0.15, 0.2) is 6.10 Å². The molecule has 1 saturated heterocycles. The first-order chi connectivity index (χ1) is 12.6. The molecule has 0 aliphatic carbocycles. The van der Waals surface area contributed by atoms with Crippen LogP contribution in [-0.2, 0) is 11.2 Å². The maximum absolute atomic E-state index is 12.8. The minimum atomic E-state index is -0.524. The van der Waals surface area contributed by atoms with Crippen molar-refractivity contribution in [2.24, 2.45) is 0 Å². The Bertz CT molecular complexity index is 818. The monoisotopic (exact) mass is 371 g/mol. The van der Waals surface area contributed by atoms with Gasteiger partial charge in [0.1, 0.15) is 5.75 Å². The number of anilines is 2. The van der Waals surface area contributed by atoms with Gasteiger partial charge in [-0.15, -0.1) is 0 Å². The van der Waals surface area contributed by atoms with Crippen LogP contribution in [0.25, 0.3) is 0 Å². The molecule has 0 saturated carbocycles. The van der Waals surface area contributed by atoms with Crippen molar-refractivity contribution in [2.45, 2.75) is 12.5 Å². The molecule has 0 spiro atoms. The van der Waals surface area contributed by atoms with Crippen LogP contribution in [0, 0.1) is 0 Å². The molecule has 2 aliphatic heterocycles. The molecule has 1 atom stereocenters. The van der Waals surface area contributed by atoms with Crippen molar-refractivity contribution in [3.05, 3.63) is 53.1 Å². The van der Waals surface area contributed by atoms with Crippen LogP contribution in [0.15, 0.2) is 42.5 Å². The summed E-state index contributed by atoms with van der Waals surface area (Å²) < 4.78 is 5.80.